The molecule has 8 rings (SSSR count). The monoisotopic (exact) mass is 899 g/mol. The Hall–Kier alpha value is 0.700. The number of rotatable bonds is 9. The van der Waals surface area contributed by atoms with E-state index >= 15 is 0 Å². The molecule has 62 heavy (non-hydrogen) atoms. The quantitative estimate of drug-likeness (QED) is 0.216. The first kappa shape index (κ1) is 49.1. The van der Waals surface area contributed by atoms with Crippen molar-refractivity contribution in [3.05, 3.63) is 0 Å². The Morgan fingerprint density at radius 2 is 0.661 bits per heavy atom. The predicted octanol–water partition coefficient (Wildman–Crippen LogP) is 17.0. The first-order valence-corrected chi connectivity index (χ1v) is 29.0. The molecule has 8 aliphatic carbocycles. The van der Waals surface area contributed by atoms with Gasteiger partial charge in [-0.2, -0.15) is 0 Å². The van der Waals surface area contributed by atoms with Gasteiger partial charge >= 0.3 is 0 Å². The Morgan fingerprint density at radius 1 is 0.306 bits per heavy atom. The normalized spacial score (nSPS) is 45.1. The summed E-state index contributed by atoms with van der Waals surface area (Å²) in [5.74, 6) is 10.9. The van der Waals surface area contributed by atoms with Crippen molar-refractivity contribution in [3.8, 4) is 0 Å². The van der Waals surface area contributed by atoms with Crippen LogP contribution in [-0.4, -0.2) is 24.4 Å². The molecular formula is C56H100O4P2. The van der Waals surface area contributed by atoms with Gasteiger partial charge in [0.25, 0.3) is 0 Å². The van der Waals surface area contributed by atoms with E-state index in [1.54, 1.807) is 0 Å². The highest BCUT2D eigenvalue weighted by Gasteiger charge is 2.54. The third-order valence-electron chi connectivity index (χ3n) is 20.7. The topological polar surface area (TPSA) is 36.9 Å². The molecule has 0 N–H and O–H groups in total. The molecule has 4 nitrogen and oxygen atoms in total. The maximum atomic E-state index is 7.34. The summed E-state index contributed by atoms with van der Waals surface area (Å²) in [5, 5.41) is 0. The third-order valence-corrected chi connectivity index (χ3v) is 22.3. The highest BCUT2D eigenvalue weighted by molar-refractivity contribution is 7.26. The van der Waals surface area contributed by atoms with Crippen molar-refractivity contribution >= 4 is 18.1 Å². The first-order valence-electron chi connectivity index (χ1n) is 27.4. The van der Waals surface area contributed by atoms with Gasteiger partial charge in [-0.1, -0.05) is 122 Å². The summed E-state index contributed by atoms with van der Waals surface area (Å²) in [4.78, 5) is 0. The standard InChI is InChI=1S/C56H100O4P2/c1-53(2,3)41-25-21-37-33-49(45(55(7,8)9)31-39(37)29-41)59-61-57-47-27-23-35-17-13-15-19-43(35)51(47)52-44-20-16-14-18-36(44)24-28-48(52)58-62-60-50-34-38-22-26-42(54(4,5)6)30-40(38)32-46(50)56(10,11)12/h35-52,61-62H,13-34H2,1-12H3. The summed E-state index contributed by atoms with van der Waals surface area (Å²) in [7, 11) is 0.337. The first-order chi connectivity index (χ1) is 29.3. The molecule has 0 amide bonds. The van der Waals surface area contributed by atoms with Crippen LogP contribution in [0.2, 0.25) is 0 Å². The average molecular weight is 899 g/mol. The van der Waals surface area contributed by atoms with E-state index in [4.69, 9.17) is 18.1 Å². The van der Waals surface area contributed by atoms with E-state index in [0.717, 1.165) is 59.2 Å². The number of hydrogen-bond acceptors (Lipinski definition) is 4. The van der Waals surface area contributed by atoms with E-state index in [1.807, 2.05) is 0 Å². The zero-order chi connectivity index (χ0) is 44.2. The summed E-state index contributed by atoms with van der Waals surface area (Å²) in [6.45, 7) is 29.8. The summed E-state index contributed by atoms with van der Waals surface area (Å²) >= 11 is 0. The Labute approximate surface area is 387 Å². The van der Waals surface area contributed by atoms with E-state index in [2.05, 4.69) is 83.1 Å². The lowest BCUT2D eigenvalue weighted by Gasteiger charge is -2.55. The second-order valence-electron chi connectivity index (χ2n) is 28.2. The maximum Gasteiger partial charge on any atom is 0.155 e. The molecule has 358 valence electrons. The Kier molecular flexibility index (Phi) is 15.8. The van der Waals surface area contributed by atoms with E-state index in [-0.39, 0.29) is 28.9 Å². The highest BCUT2D eigenvalue weighted by atomic mass is 31.1. The molecule has 0 spiro atoms. The van der Waals surface area contributed by atoms with Crippen LogP contribution < -0.4 is 0 Å². The smallest absolute Gasteiger partial charge is 0.155 e. The zero-order valence-electron chi connectivity index (χ0n) is 42.6. The van der Waals surface area contributed by atoms with Gasteiger partial charge < -0.3 is 18.1 Å². The fourth-order valence-electron chi connectivity index (χ4n) is 16.9. The molecule has 0 saturated heterocycles. The summed E-state index contributed by atoms with van der Waals surface area (Å²) in [6, 6.07) is 0. The fraction of sp³-hybridized carbons (Fsp3) is 1.00. The fourth-order valence-corrected chi connectivity index (χ4v) is 18.6. The molecule has 20 atom stereocenters. The molecule has 8 fully saturated rings. The summed E-state index contributed by atoms with van der Waals surface area (Å²) in [5.41, 5.74) is 1.35. The third kappa shape index (κ3) is 11.2. The van der Waals surface area contributed by atoms with E-state index in [1.165, 1.54) is 141 Å². The van der Waals surface area contributed by atoms with Crippen molar-refractivity contribution in [1.82, 2.24) is 0 Å². The van der Waals surface area contributed by atoms with Crippen LogP contribution in [-0.2, 0) is 18.1 Å². The van der Waals surface area contributed by atoms with Crippen LogP contribution in [0.15, 0.2) is 0 Å². The van der Waals surface area contributed by atoms with E-state index < -0.39 is 0 Å². The van der Waals surface area contributed by atoms with Crippen LogP contribution >= 0.6 is 18.1 Å². The van der Waals surface area contributed by atoms with E-state index in [0.29, 0.717) is 58.9 Å². The van der Waals surface area contributed by atoms with Crippen molar-refractivity contribution in [1.29, 1.82) is 0 Å². The van der Waals surface area contributed by atoms with Gasteiger partial charge in [-0.05, 0) is 207 Å². The molecule has 0 bridgehead atoms. The predicted molar refractivity (Wildman–Crippen MR) is 264 cm³/mol. The van der Waals surface area contributed by atoms with Crippen LogP contribution in [0.5, 0.6) is 0 Å². The van der Waals surface area contributed by atoms with Crippen LogP contribution in [0, 0.1) is 105 Å². The lowest BCUT2D eigenvalue weighted by Crippen LogP contribution is -2.53. The van der Waals surface area contributed by atoms with Gasteiger partial charge in [-0.15, -0.1) is 0 Å². The van der Waals surface area contributed by atoms with Gasteiger partial charge in [0.2, 0.25) is 0 Å². The van der Waals surface area contributed by atoms with Crippen LogP contribution in [0.3, 0.4) is 0 Å². The minimum absolute atomic E-state index is 0.168. The second kappa shape index (κ2) is 20.0. The molecule has 0 aromatic carbocycles. The Morgan fingerprint density at radius 3 is 1.03 bits per heavy atom. The summed E-state index contributed by atoms with van der Waals surface area (Å²) in [6.07, 6.45) is 31.4. The van der Waals surface area contributed by atoms with Crippen molar-refractivity contribution in [2.45, 2.75) is 249 Å². The molecule has 0 heterocycles. The van der Waals surface area contributed by atoms with Crippen molar-refractivity contribution < 1.29 is 18.1 Å². The van der Waals surface area contributed by atoms with Gasteiger partial charge in [-0.25, -0.2) is 0 Å². The SMILES string of the molecule is CC(C)(C)C1CCC2CC(OPOC3CCC4CCCCC4C3C3C(OPOC4CC5CCC(C(C)(C)C)CC5CC4C(C)(C)C)CCC4CCCCC43)C(C(C)(C)C)CC2C1. The van der Waals surface area contributed by atoms with Crippen LogP contribution in [0.4, 0.5) is 0 Å². The summed E-state index contributed by atoms with van der Waals surface area (Å²) < 4.78 is 29.0. The average Bonchev–Trinajstić information content (AvgIpc) is 3.21. The Balaban J connectivity index is 0.963. The van der Waals surface area contributed by atoms with Gasteiger partial charge in [0, 0.05) is 0 Å². The minimum Gasteiger partial charge on any atom is -0.333 e. The Bertz CT molecular complexity index is 1320. The van der Waals surface area contributed by atoms with E-state index in [9.17, 15) is 0 Å². The van der Waals surface area contributed by atoms with Gasteiger partial charge in [0.15, 0.2) is 18.1 Å². The molecule has 8 saturated carbocycles. The molecular weight excluding hydrogens is 799 g/mol. The molecule has 8 aliphatic rings. The van der Waals surface area contributed by atoms with Crippen LogP contribution in [0.25, 0.3) is 0 Å². The highest BCUT2D eigenvalue weighted by Crippen LogP contribution is 2.60. The van der Waals surface area contributed by atoms with Crippen molar-refractivity contribution in [2.24, 2.45) is 105 Å². The molecule has 0 aromatic rings. The second-order valence-corrected chi connectivity index (χ2v) is 29.5. The lowest BCUT2D eigenvalue weighted by molar-refractivity contribution is -0.113. The van der Waals surface area contributed by atoms with Crippen LogP contribution in [0.1, 0.15) is 224 Å². The number of fused-ring (bicyclic) bond motifs is 4. The van der Waals surface area contributed by atoms with Gasteiger partial charge in [0.1, 0.15) is 0 Å². The molecule has 0 aromatic heterocycles. The molecule has 0 radical (unpaired) electrons. The molecule has 0 aliphatic heterocycles. The van der Waals surface area contributed by atoms with Gasteiger partial charge in [-0.3, -0.25) is 0 Å². The van der Waals surface area contributed by atoms with Crippen molar-refractivity contribution in [3.63, 3.8) is 0 Å². The number of hydrogen-bond donors (Lipinski definition) is 0. The maximum absolute atomic E-state index is 7.34. The molecule has 20 unspecified atom stereocenters. The largest absolute Gasteiger partial charge is 0.333 e. The zero-order valence-corrected chi connectivity index (χ0v) is 44.6. The lowest BCUT2D eigenvalue weighted by atomic mass is 9.53. The molecule has 6 heteroatoms. The van der Waals surface area contributed by atoms with Gasteiger partial charge in [0.05, 0.1) is 24.4 Å². The minimum atomic E-state index is 0.168. The van der Waals surface area contributed by atoms with Crippen molar-refractivity contribution in [2.75, 3.05) is 0 Å².